The molecule has 0 aliphatic heterocycles. The number of hydrogen-bond acceptors (Lipinski definition) is 3. The molecule has 0 saturated carbocycles. The van der Waals surface area contributed by atoms with Crippen molar-refractivity contribution in [2.24, 2.45) is 5.73 Å². The van der Waals surface area contributed by atoms with Crippen molar-refractivity contribution >= 4 is 11.6 Å². The third kappa shape index (κ3) is 3.64. The van der Waals surface area contributed by atoms with Gasteiger partial charge in [0, 0.05) is 12.8 Å². The minimum Gasteiger partial charge on any atom is -0.372 e. The molecule has 0 spiro atoms. The van der Waals surface area contributed by atoms with Crippen LogP contribution in [-0.2, 0) is 16.0 Å². The molecule has 1 amide bonds. The topological polar surface area (TPSA) is 64.3 Å². The second-order valence-electron chi connectivity index (χ2n) is 3.60. The second kappa shape index (κ2) is 6.25. The highest BCUT2D eigenvalue weighted by atomic mass is 16.5. The van der Waals surface area contributed by atoms with Crippen molar-refractivity contribution in [2.45, 2.75) is 19.4 Å². The first-order valence-corrected chi connectivity index (χ1v) is 5.30. The van der Waals surface area contributed by atoms with Gasteiger partial charge in [-0.3, -0.25) is 4.79 Å². The van der Waals surface area contributed by atoms with Crippen LogP contribution in [0.3, 0.4) is 0 Å². The molecule has 0 bridgehead atoms. The molecule has 0 fully saturated rings. The van der Waals surface area contributed by atoms with Gasteiger partial charge in [-0.2, -0.15) is 0 Å². The number of nitrogens with two attached hydrogens (primary N) is 1. The average Bonchev–Trinajstić information content (AvgIpc) is 2.31. The second-order valence-corrected chi connectivity index (χ2v) is 3.60. The van der Waals surface area contributed by atoms with Crippen LogP contribution in [0.2, 0.25) is 0 Å². The lowest BCUT2D eigenvalue weighted by atomic mass is 10.1. The number of carbonyl (C=O) groups excluding carboxylic acids is 1. The minimum atomic E-state index is -0.441. The van der Waals surface area contributed by atoms with Gasteiger partial charge in [0.05, 0.1) is 0 Å². The Kier molecular flexibility index (Phi) is 4.95. The molecule has 1 rings (SSSR count). The Bertz CT molecular complexity index is 335. The van der Waals surface area contributed by atoms with Crippen molar-refractivity contribution in [1.82, 2.24) is 0 Å². The van der Waals surface area contributed by atoms with E-state index in [1.54, 1.807) is 6.92 Å². The molecule has 0 aliphatic carbocycles. The molecule has 0 radical (unpaired) electrons. The highest BCUT2D eigenvalue weighted by molar-refractivity contribution is 5.93. The van der Waals surface area contributed by atoms with Gasteiger partial charge in [-0.25, -0.2) is 0 Å². The molecule has 0 aliphatic rings. The zero-order chi connectivity index (χ0) is 12.0. The molecule has 1 aromatic rings. The van der Waals surface area contributed by atoms with Crippen LogP contribution in [0.5, 0.6) is 0 Å². The van der Waals surface area contributed by atoms with E-state index in [0.29, 0.717) is 6.54 Å². The van der Waals surface area contributed by atoms with Crippen LogP contribution in [0, 0.1) is 0 Å². The number of rotatable bonds is 5. The van der Waals surface area contributed by atoms with Crippen molar-refractivity contribution in [3.63, 3.8) is 0 Å². The molecule has 16 heavy (non-hydrogen) atoms. The van der Waals surface area contributed by atoms with Gasteiger partial charge in [-0.1, -0.05) is 12.1 Å². The summed E-state index contributed by atoms with van der Waals surface area (Å²) in [5.74, 6) is -0.144. The summed E-state index contributed by atoms with van der Waals surface area (Å²) in [6, 6.07) is 7.65. The number of carbonyl (C=O) groups is 1. The van der Waals surface area contributed by atoms with E-state index in [2.05, 4.69) is 5.32 Å². The molecule has 4 heteroatoms. The summed E-state index contributed by atoms with van der Waals surface area (Å²) < 4.78 is 4.92. The van der Waals surface area contributed by atoms with E-state index in [9.17, 15) is 4.79 Å². The van der Waals surface area contributed by atoms with Crippen molar-refractivity contribution in [2.75, 3.05) is 19.0 Å². The molecule has 3 N–H and O–H groups in total. The first-order valence-electron chi connectivity index (χ1n) is 5.30. The lowest BCUT2D eigenvalue weighted by Gasteiger charge is -2.10. The SMILES string of the molecule is COC(C)C(=O)Nc1ccc(CCN)cc1. The van der Waals surface area contributed by atoms with Crippen molar-refractivity contribution in [3.8, 4) is 0 Å². The van der Waals surface area contributed by atoms with Crippen LogP contribution in [-0.4, -0.2) is 25.7 Å². The molecular weight excluding hydrogens is 204 g/mol. The van der Waals surface area contributed by atoms with E-state index < -0.39 is 6.10 Å². The van der Waals surface area contributed by atoms with Crippen molar-refractivity contribution in [1.29, 1.82) is 0 Å². The van der Waals surface area contributed by atoms with Crippen LogP contribution in [0.25, 0.3) is 0 Å². The van der Waals surface area contributed by atoms with E-state index in [1.165, 1.54) is 12.7 Å². The number of benzene rings is 1. The summed E-state index contributed by atoms with van der Waals surface area (Å²) in [6.45, 7) is 2.34. The third-order valence-electron chi connectivity index (χ3n) is 2.38. The van der Waals surface area contributed by atoms with Crippen LogP contribution < -0.4 is 11.1 Å². The van der Waals surface area contributed by atoms with Gasteiger partial charge in [-0.05, 0) is 37.6 Å². The zero-order valence-electron chi connectivity index (χ0n) is 9.69. The summed E-state index contributed by atoms with van der Waals surface area (Å²) in [5, 5.41) is 2.77. The molecule has 0 saturated heterocycles. The van der Waals surface area contributed by atoms with Gasteiger partial charge in [0.2, 0.25) is 0 Å². The fourth-order valence-corrected chi connectivity index (χ4v) is 1.27. The van der Waals surface area contributed by atoms with Crippen LogP contribution >= 0.6 is 0 Å². The number of amides is 1. The third-order valence-corrected chi connectivity index (χ3v) is 2.38. The number of hydrogen-bond donors (Lipinski definition) is 2. The normalized spacial score (nSPS) is 12.2. The van der Waals surface area contributed by atoms with Crippen LogP contribution in [0.15, 0.2) is 24.3 Å². The number of anilines is 1. The monoisotopic (exact) mass is 222 g/mol. The summed E-state index contributed by atoms with van der Waals surface area (Å²) in [7, 11) is 1.51. The summed E-state index contributed by atoms with van der Waals surface area (Å²) in [5.41, 5.74) is 7.39. The fraction of sp³-hybridized carbons (Fsp3) is 0.417. The molecule has 0 heterocycles. The first kappa shape index (κ1) is 12.7. The predicted molar refractivity (Wildman–Crippen MR) is 64.3 cm³/mol. The van der Waals surface area contributed by atoms with Gasteiger partial charge in [0.25, 0.3) is 5.91 Å². The average molecular weight is 222 g/mol. The Morgan fingerprint density at radius 3 is 2.56 bits per heavy atom. The maximum atomic E-state index is 11.5. The van der Waals surface area contributed by atoms with E-state index in [4.69, 9.17) is 10.5 Å². The van der Waals surface area contributed by atoms with Gasteiger partial charge in [0.15, 0.2) is 0 Å². The van der Waals surface area contributed by atoms with Gasteiger partial charge >= 0.3 is 0 Å². The highest BCUT2D eigenvalue weighted by Gasteiger charge is 2.10. The Morgan fingerprint density at radius 2 is 2.06 bits per heavy atom. The molecule has 4 nitrogen and oxygen atoms in total. The van der Waals surface area contributed by atoms with E-state index in [1.807, 2.05) is 24.3 Å². The Morgan fingerprint density at radius 1 is 1.44 bits per heavy atom. The van der Waals surface area contributed by atoms with Gasteiger partial charge in [0.1, 0.15) is 6.10 Å². The highest BCUT2D eigenvalue weighted by Crippen LogP contribution is 2.10. The van der Waals surface area contributed by atoms with E-state index >= 15 is 0 Å². The smallest absolute Gasteiger partial charge is 0.253 e. The fourth-order valence-electron chi connectivity index (χ4n) is 1.27. The largest absolute Gasteiger partial charge is 0.372 e. The summed E-state index contributed by atoms with van der Waals surface area (Å²) in [4.78, 5) is 11.5. The number of methoxy groups -OCH3 is 1. The first-order chi connectivity index (χ1) is 7.67. The standard InChI is InChI=1S/C12H18N2O2/c1-9(16-2)12(15)14-11-5-3-10(4-6-11)7-8-13/h3-6,9H,7-8,13H2,1-2H3,(H,14,15). The molecule has 0 aromatic heterocycles. The van der Waals surface area contributed by atoms with E-state index in [-0.39, 0.29) is 5.91 Å². The van der Waals surface area contributed by atoms with Crippen LogP contribution in [0.1, 0.15) is 12.5 Å². The van der Waals surface area contributed by atoms with Crippen molar-refractivity contribution < 1.29 is 9.53 Å². The molecule has 1 atom stereocenters. The summed E-state index contributed by atoms with van der Waals surface area (Å²) in [6.07, 6.45) is 0.409. The number of nitrogens with one attached hydrogen (secondary N) is 1. The zero-order valence-corrected chi connectivity index (χ0v) is 9.69. The molecular formula is C12H18N2O2. The lowest BCUT2D eigenvalue weighted by Crippen LogP contribution is -2.26. The minimum absolute atomic E-state index is 0.144. The molecule has 1 unspecified atom stereocenters. The van der Waals surface area contributed by atoms with E-state index in [0.717, 1.165) is 12.1 Å². The Balaban J connectivity index is 2.58. The quantitative estimate of drug-likeness (QED) is 0.785. The lowest BCUT2D eigenvalue weighted by molar-refractivity contribution is -0.124. The molecule has 1 aromatic carbocycles. The van der Waals surface area contributed by atoms with Gasteiger partial charge in [-0.15, -0.1) is 0 Å². The summed E-state index contributed by atoms with van der Waals surface area (Å²) >= 11 is 0. The van der Waals surface area contributed by atoms with Gasteiger partial charge < -0.3 is 15.8 Å². The predicted octanol–water partition coefficient (Wildman–Crippen LogP) is 1.16. The van der Waals surface area contributed by atoms with Crippen molar-refractivity contribution in [3.05, 3.63) is 29.8 Å². The molecule has 88 valence electrons. The Labute approximate surface area is 95.8 Å². The maximum absolute atomic E-state index is 11.5. The Hall–Kier alpha value is -1.39. The maximum Gasteiger partial charge on any atom is 0.253 e. The number of ether oxygens (including phenoxy) is 1. The van der Waals surface area contributed by atoms with Crippen LogP contribution in [0.4, 0.5) is 5.69 Å².